The number of amides is 1. The number of imidazole rings is 1. The molecule has 0 N–H and O–H groups in total. The Hall–Kier alpha value is -2.57. The zero-order chi connectivity index (χ0) is 22.7. The quantitative estimate of drug-likeness (QED) is 0.577. The van der Waals surface area contributed by atoms with E-state index in [2.05, 4.69) is 4.98 Å². The molecule has 4 rings (SSSR count). The monoisotopic (exact) mass is 476 g/mol. The largest absolute Gasteiger partial charge is 0.472 e. The topological polar surface area (TPSA) is 88.1 Å². The van der Waals surface area contributed by atoms with Crippen LogP contribution in [0.2, 0.25) is 5.15 Å². The van der Waals surface area contributed by atoms with Crippen LogP contribution in [0.15, 0.2) is 35.3 Å². The molecule has 31 heavy (non-hydrogen) atoms. The van der Waals surface area contributed by atoms with Crippen molar-refractivity contribution in [2.45, 2.75) is 12.2 Å². The first kappa shape index (κ1) is 21.7. The zero-order valence-electron chi connectivity index (χ0n) is 16.2. The number of carbonyl (C=O) groups excluding carboxylic acids is 1. The van der Waals surface area contributed by atoms with Crippen molar-refractivity contribution in [3.8, 4) is 11.1 Å². The number of hydrogen-bond acceptors (Lipinski definition) is 5. The average molecular weight is 477 g/mol. The molecular weight excluding hydrogens is 461 g/mol. The van der Waals surface area contributed by atoms with Gasteiger partial charge in [0.2, 0.25) is 10.0 Å². The van der Waals surface area contributed by atoms with Crippen molar-refractivity contribution in [3.05, 3.63) is 47.3 Å². The van der Waals surface area contributed by atoms with Gasteiger partial charge in [-0.3, -0.25) is 9.20 Å². The van der Waals surface area contributed by atoms with E-state index < -0.39 is 39.4 Å². The van der Waals surface area contributed by atoms with Crippen molar-refractivity contribution in [1.29, 1.82) is 0 Å². The Bertz CT molecular complexity index is 1270. The molecule has 1 fully saturated rings. The summed E-state index contributed by atoms with van der Waals surface area (Å²) in [5, 5.41) is -0.268. The second-order valence-electron chi connectivity index (χ2n) is 7.24. The van der Waals surface area contributed by atoms with Crippen LogP contribution in [0.4, 0.5) is 13.2 Å². The Morgan fingerprint density at radius 1 is 1.32 bits per heavy atom. The minimum absolute atomic E-state index is 0.0823. The highest BCUT2D eigenvalue weighted by molar-refractivity contribution is 7.88. The van der Waals surface area contributed by atoms with Crippen molar-refractivity contribution in [2.24, 2.45) is 0 Å². The number of aromatic nitrogens is 2. The lowest BCUT2D eigenvalue weighted by Crippen LogP contribution is -2.61. The lowest BCUT2D eigenvalue weighted by molar-refractivity contribution is -0.136. The van der Waals surface area contributed by atoms with Gasteiger partial charge >= 0.3 is 6.18 Å². The average Bonchev–Trinajstić information content (AvgIpc) is 3.26. The molecule has 166 valence electrons. The minimum atomic E-state index is -4.74. The van der Waals surface area contributed by atoms with Crippen LogP contribution >= 0.6 is 11.6 Å². The van der Waals surface area contributed by atoms with Gasteiger partial charge in [0.15, 0.2) is 11.3 Å². The minimum Gasteiger partial charge on any atom is -0.472 e. The number of carbonyl (C=O) groups is 1. The molecule has 0 aliphatic carbocycles. The molecule has 0 radical (unpaired) electrons. The normalized spacial score (nSPS) is 15.6. The van der Waals surface area contributed by atoms with Crippen molar-refractivity contribution < 1.29 is 30.8 Å². The molecule has 0 aromatic carbocycles. The molecule has 13 heteroatoms. The smallest absolute Gasteiger partial charge is 0.420 e. The van der Waals surface area contributed by atoms with E-state index in [1.165, 1.54) is 36.7 Å². The summed E-state index contributed by atoms with van der Waals surface area (Å²) in [6, 6.07) is 1.99. The third-order valence-electron chi connectivity index (χ3n) is 5.21. The molecule has 0 atom stereocenters. The summed E-state index contributed by atoms with van der Waals surface area (Å²) in [7, 11) is -2.04. The SMILES string of the molecule is CN(C1CN(C(=O)c2nc3c(C(F)(F)F)cc(-c4ccoc4)cn3c2Cl)C1)S(C)(=O)=O. The number of alkyl halides is 3. The molecule has 3 aromatic rings. The van der Waals surface area contributed by atoms with Crippen molar-refractivity contribution in [1.82, 2.24) is 18.6 Å². The van der Waals surface area contributed by atoms with Crippen molar-refractivity contribution in [3.63, 3.8) is 0 Å². The fourth-order valence-corrected chi connectivity index (χ4v) is 4.25. The maximum atomic E-state index is 13.7. The summed E-state index contributed by atoms with van der Waals surface area (Å²) in [4.78, 5) is 18.0. The molecule has 0 bridgehead atoms. The van der Waals surface area contributed by atoms with Gasteiger partial charge < -0.3 is 9.32 Å². The van der Waals surface area contributed by atoms with Gasteiger partial charge in [-0.05, 0) is 12.1 Å². The van der Waals surface area contributed by atoms with Crippen LogP contribution in [0.3, 0.4) is 0 Å². The molecule has 0 spiro atoms. The molecule has 4 heterocycles. The molecule has 0 unspecified atom stereocenters. The van der Waals surface area contributed by atoms with Gasteiger partial charge in [-0.25, -0.2) is 13.4 Å². The molecular formula is C18H16ClF3N4O4S. The van der Waals surface area contributed by atoms with Crippen molar-refractivity contribution >= 4 is 33.2 Å². The van der Waals surface area contributed by atoms with E-state index in [-0.39, 0.29) is 29.5 Å². The second-order valence-corrected chi connectivity index (χ2v) is 9.64. The van der Waals surface area contributed by atoms with Crippen LogP contribution in [0.25, 0.3) is 16.8 Å². The first-order valence-corrected chi connectivity index (χ1v) is 11.1. The van der Waals surface area contributed by atoms with E-state index in [0.717, 1.165) is 21.0 Å². The number of hydrogen-bond donors (Lipinski definition) is 0. The standard InChI is InChI=1S/C18H16ClF3N4O4S/c1-24(31(2,28)29)12-7-25(8-12)17(27)14-15(19)26-6-11(10-3-4-30-9-10)5-13(16(26)23-14)18(20,21)22/h3-6,9,12H,7-8H2,1-2H3. The van der Waals surface area contributed by atoms with Gasteiger partial charge in [-0.1, -0.05) is 11.6 Å². The fourth-order valence-electron chi connectivity index (χ4n) is 3.32. The van der Waals surface area contributed by atoms with Crippen LogP contribution in [0, 0.1) is 0 Å². The van der Waals surface area contributed by atoms with E-state index in [1.807, 2.05) is 0 Å². The number of furan rings is 1. The number of pyridine rings is 1. The van der Waals surface area contributed by atoms with E-state index in [9.17, 15) is 26.4 Å². The highest BCUT2D eigenvalue weighted by Gasteiger charge is 2.40. The maximum absolute atomic E-state index is 13.7. The highest BCUT2D eigenvalue weighted by Crippen LogP contribution is 2.37. The number of fused-ring (bicyclic) bond motifs is 1. The van der Waals surface area contributed by atoms with Gasteiger partial charge in [-0.2, -0.15) is 17.5 Å². The van der Waals surface area contributed by atoms with E-state index >= 15 is 0 Å². The second kappa shape index (κ2) is 7.24. The Morgan fingerprint density at radius 2 is 2.00 bits per heavy atom. The predicted molar refractivity (Wildman–Crippen MR) is 105 cm³/mol. The number of likely N-dealkylation sites (N-methyl/N-ethyl adjacent to an activating group) is 1. The van der Waals surface area contributed by atoms with Crippen LogP contribution in [0.5, 0.6) is 0 Å². The van der Waals surface area contributed by atoms with Crippen LogP contribution in [-0.4, -0.2) is 65.3 Å². The van der Waals surface area contributed by atoms with Crippen molar-refractivity contribution in [2.75, 3.05) is 26.4 Å². The summed E-state index contributed by atoms with van der Waals surface area (Å²) in [5.41, 5.74) is -1.30. The molecule has 1 aliphatic rings. The number of halogens is 4. The van der Waals surface area contributed by atoms with Gasteiger partial charge in [0, 0.05) is 37.5 Å². The van der Waals surface area contributed by atoms with Gasteiger partial charge in [0.25, 0.3) is 5.91 Å². The Morgan fingerprint density at radius 3 is 2.55 bits per heavy atom. The van der Waals surface area contributed by atoms with Crippen LogP contribution < -0.4 is 0 Å². The number of sulfonamides is 1. The van der Waals surface area contributed by atoms with Gasteiger partial charge in [0.1, 0.15) is 5.15 Å². The maximum Gasteiger partial charge on any atom is 0.420 e. The Balaban J connectivity index is 1.72. The van der Waals surface area contributed by atoms with E-state index in [0.29, 0.717) is 5.56 Å². The summed E-state index contributed by atoms with van der Waals surface area (Å²) in [6.07, 6.45) is 0.266. The third-order valence-corrected chi connectivity index (χ3v) is 6.92. The number of likely N-dealkylation sites (tertiary alicyclic amines) is 1. The Kier molecular flexibility index (Phi) is 5.06. The fraction of sp³-hybridized carbons (Fsp3) is 0.333. The Labute approximate surface area is 179 Å². The summed E-state index contributed by atoms with van der Waals surface area (Å²) >= 11 is 6.26. The van der Waals surface area contributed by atoms with Crippen LogP contribution in [-0.2, 0) is 16.2 Å². The predicted octanol–water partition coefficient (Wildman–Crippen LogP) is 2.98. The lowest BCUT2D eigenvalue weighted by atomic mass is 10.1. The molecule has 1 aliphatic heterocycles. The molecule has 8 nitrogen and oxygen atoms in total. The highest BCUT2D eigenvalue weighted by atomic mass is 35.5. The molecule has 3 aromatic heterocycles. The lowest BCUT2D eigenvalue weighted by Gasteiger charge is -2.42. The number of rotatable bonds is 4. The molecule has 0 saturated carbocycles. The summed E-state index contributed by atoms with van der Waals surface area (Å²) < 4.78 is 71.4. The van der Waals surface area contributed by atoms with E-state index in [4.69, 9.17) is 16.0 Å². The zero-order valence-corrected chi connectivity index (χ0v) is 17.8. The summed E-state index contributed by atoms with van der Waals surface area (Å²) in [5.74, 6) is -0.676. The van der Waals surface area contributed by atoms with Gasteiger partial charge in [-0.15, -0.1) is 0 Å². The number of nitrogens with zero attached hydrogens (tertiary/aromatic N) is 4. The molecule has 1 amide bonds. The first-order valence-electron chi connectivity index (χ1n) is 8.91. The van der Waals surface area contributed by atoms with Crippen LogP contribution in [0.1, 0.15) is 16.1 Å². The van der Waals surface area contributed by atoms with Gasteiger partial charge in [0.05, 0.1) is 30.4 Å². The third kappa shape index (κ3) is 3.79. The summed E-state index contributed by atoms with van der Waals surface area (Å²) in [6.45, 7) is 0.165. The van der Waals surface area contributed by atoms with E-state index in [1.54, 1.807) is 0 Å². The molecule has 1 saturated heterocycles. The first-order chi connectivity index (χ1) is 14.4.